The van der Waals surface area contributed by atoms with Crippen LogP contribution in [0.1, 0.15) is 28.9 Å². The predicted octanol–water partition coefficient (Wildman–Crippen LogP) is 4.33. The van der Waals surface area contributed by atoms with Gasteiger partial charge in [-0.25, -0.2) is 4.39 Å². The van der Waals surface area contributed by atoms with Crippen molar-refractivity contribution in [1.29, 1.82) is 0 Å². The number of nitrogens with zero attached hydrogens (tertiary/aromatic N) is 3. The number of aromatic nitrogens is 2. The van der Waals surface area contributed by atoms with Crippen LogP contribution in [0.5, 0.6) is 0 Å². The van der Waals surface area contributed by atoms with E-state index in [-0.39, 0.29) is 11.4 Å². The number of nitrogens with one attached hydrogen (secondary N) is 1. The summed E-state index contributed by atoms with van der Waals surface area (Å²) in [4.78, 5) is 14.5. The number of hydrogen-bond donors (Lipinski definition) is 1. The Balaban J connectivity index is 1.33. The maximum atomic E-state index is 13.7. The van der Waals surface area contributed by atoms with Crippen LogP contribution in [0.3, 0.4) is 0 Å². The summed E-state index contributed by atoms with van der Waals surface area (Å²) in [5, 5.41) is 10.8. The maximum Gasteiger partial charge on any atom is 0.276 e. The number of anilines is 2. The number of rotatable bonds is 5. The second-order valence-corrected chi connectivity index (χ2v) is 7.33. The van der Waals surface area contributed by atoms with Gasteiger partial charge in [0.1, 0.15) is 5.82 Å². The van der Waals surface area contributed by atoms with Crippen molar-refractivity contribution < 1.29 is 9.18 Å². The van der Waals surface area contributed by atoms with E-state index in [0.717, 1.165) is 38.2 Å². The lowest BCUT2D eigenvalue weighted by atomic mass is 9.90. The molecule has 6 heteroatoms. The molecule has 1 aromatic heterocycles. The third-order valence-electron chi connectivity index (χ3n) is 5.31. The smallest absolute Gasteiger partial charge is 0.276 e. The molecule has 0 aliphatic carbocycles. The second kappa shape index (κ2) is 8.82. The summed E-state index contributed by atoms with van der Waals surface area (Å²) in [5.41, 5.74) is 1.68. The normalized spacial score (nSPS) is 14.6. The Bertz CT molecular complexity index is 954. The molecule has 5 nitrogen and oxygen atoms in total. The first kappa shape index (κ1) is 19.1. The Morgan fingerprint density at radius 1 is 0.966 bits per heavy atom. The lowest BCUT2D eigenvalue weighted by molar-refractivity contribution is 0.102. The Hall–Kier alpha value is -3.28. The van der Waals surface area contributed by atoms with Crippen molar-refractivity contribution in [3.05, 3.63) is 83.8 Å². The highest BCUT2D eigenvalue weighted by molar-refractivity contribution is 6.02. The van der Waals surface area contributed by atoms with Crippen LogP contribution >= 0.6 is 0 Å². The number of halogens is 1. The van der Waals surface area contributed by atoms with Crippen LogP contribution in [-0.2, 0) is 6.42 Å². The van der Waals surface area contributed by atoms with E-state index in [0.29, 0.717) is 5.92 Å². The maximum absolute atomic E-state index is 13.7. The molecule has 0 bridgehead atoms. The highest BCUT2D eigenvalue weighted by atomic mass is 19.1. The van der Waals surface area contributed by atoms with Crippen molar-refractivity contribution >= 4 is 17.4 Å². The lowest BCUT2D eigenvalue weighted by Gasteiger charge is -2.32. The quantitative estimate of drug-likeness (QED) is 0.705. The molecule has 0 unspecified atom stereocenters. The fourth-order valence-electron chi connectivity index (χ4n) is 3.68. The predicted molar refractivity (Wildman–Crippen MR) is 111 cm³/mol. The van der Waals surface area contributed by atoms with E-state index in [4.69, 9.17) is 0 Å². The van der Waals surface area contributed by atoms with Gasteiger partial charge < -0.3 is 10.2 Å². The fourth-order valence-corrected chi connectivity index (χ4v) is 3.68. The van der Waals surface area contributed by atoms with E-state index in [1.54, 1.807) is 24.3 Å². The molecule has 2 aromatic carbocycles. The number of carbonyl (C=O) groups excluding carboxylic acids is 1. The molecule has 0 saturated carbocycles. The van der Waals surface area contributed by atoms with Gasteiger partial charge in [-0.1, -0.05) is 42.5 Å². The third-order valence-corrected chi connectivity index (χ3v) is 5.31. The number of piperidine rings is 1. The van der Waals surface area contributed by atoms with Crippen molar-refractivity contribution in [2.45, 2.75) is 19.3 Å². The summed E-state index contributed by atoms with van der Waals surface area (Å²) in [6.07, 6.45) is 3.31. The molecule has 1 aliphatic heterocycles. The van der Waals surface area contributed by atoms with Crippen LogP contribution in [0.4, 0.5) is 15.9 Å². The van der Waals surface area contributed by atoms with Crippen molar-refractivity contribution in [3.63, 3.8) is 0 Å². The minimum atomic E-state index is -0.483. The molecule has 3 aromatic rings. The lowest BCUT2D eigenvalue weighted by Crippen LogP contribution is -2.35. The van der Waals surface area contributed by atoms with E-state index in [1.807, 2.05) is 6.07 Å². The summed E-state index contributed by atoms with van der Waals surface area (Å²) in [6, 6.07) is 20.1. The fraction of sp³-hybridized carbons (Fsp3) is 0.261. The molecular weight excluding hydrogens is 367 g/mol. The first-order chi connectivity index (χ1) is 14.2. The van der Waals surface area contributed by atoms with Gasteiger partial charge in [-0.05, 0) is 55.0 Å². The number of amides is 1. The van der Waals surface area contributed by atoms with Crippen LogP contribution in [0.25, 0.3) is 0 Å². The molecule has 0 spiro atoms. The van der Waals surface area contributed by atoms with Crippen LogP contribution in [0, 0.1) is 11.7 Å². The standard InChI is InChI=1S/C23H23FN4O/c24-19-8-4-5-9-20(19)25-23(29)21-10-11-22(27-26-21)28-14-12-18(13-15-28)16-17-6-2-1-3-7-17/h1-11,18H,12-16H2,(H,25,29). The van der Waals surface area contributed by atoms with Gasteiger partial charge in [-0.3, -0.25) is 4.79 Å². The van der Waals surface area contributed by atoms with Crippen LogP contribution in [-0.4, -0.2) is 29.2 Å². The minimum absolute atomic E-state index is 0.129. The summed E-state index contributed by atoms with van der Waals surface area (Å²) >= 11 is 0. The number of hydrogen-bond acceptors (Lipinski definition) is 4. The molecular formula is C23H23FN4O. The molecule has 2 heterocycles. The zero-order valence-corrected chi connectivity index (χ0v) is 16.1. The zero-order chi connectivity index (χ0) is 20.1. The molecule has 1 N–H and O–H groups in total. The first-order valence-corrected chi connectivity index (χ1v) is 9.87. The molecule has 1 fully saturated rings. The largest absolute Gasteiger partial charge is 0.355 e. The Kier molecular flexibility index (Phi) is 5.79. The van der Waals surface area contributed by atoms with Gasteiger partial charge in [0.2, 0.25) is 0 Å². The highest BCUT2D eigenvalue weighted by Crippen LogP contribution is 2.24. The first-order valence-electron chi connectivity index (χ1n) is 9.87. The van der Waals surface area contributed by atoms with E-state index in [9.17, 15) is 9.18 Å². The Morgan fingerprint density at radius 2 is 1.69 bits per heavy atom. The van der Waals surface area contributed by atoms with Crippen LogP contribution in [0.2, 0.25) is 0 Å². The van der Waals surface area contributed by atoms with Gasteiger partial charge >= 0.3 is 0 Å². The SMILES string of the molecule is O=C(Nc1ccccc1F)c1ccc(N2CCC(Cc3ccccc3)CC2)nn1. The van der Waals surface area contributed by atoms with E-state index in [2.05, 4.69) is 44.7 Å². The number of para-hydroxylation sites is 1. The number of benzene rings is 2. The van der Waals surface area contributed by atoms with Gasteiger partial charge in [0.25, 0.3) is 5.91 Å². The molecule has 29 heavy (non-hydrogen) atoms. The Labute approximate surface area is 169 Å². The monoisotopic (exact) mass is 390 g/mol. The highest BCUT2D eigenvalue weighted by Gasteiger charge is 2.21. The average molecular weight is 390 g/mol. The van der Waals surface area contributed by atoms with Crippen molar-refractivity contribution in [3.8, 4) is 0 Å². The van der Waals surface area contributed by atoms with Gasteiger partial charge in [-0.2, -0.15) is 0 Å². The minimum Gasteiger partial charge on any atom is -0.355 e. The molecule has 4 rings (SSSR count). The Morgan fingerprint density at radius 3 is 2.38 bits per heavy atom. The summed E-state index contributed by atoms with van der Waals surface area (Å²) in [5.74, 6) is 0.484. The van der Waals surface area contributed by atoms with Gasteiger partial charge in [0, 0.05) is 13.1 Å². The molecule has 1 saturated heterocycles. The summed E-state index contributed by atoms with van der Waals surface area (Å²) in [7, 11) is 0. The van der Waals surface area contributed by atoms with Crippen molar-refractivity contribution in [2.24, 2.45) is 5.92 Å². The van der Waals surface area contributed by atoms with Gasteiger partial charge in [0.05, 0.1) is 5.69 Å². The van der Waals surface area contributed by atoms with Crippen LogP contribution in [0.15, 0.2) is 66.7 Å². The van der Waals surface area contributed by atoms with Gasteiger partial charge in [-0.15, -0.1) is 10.2 Å². The van der Waals surface area contributed by atoms with E-state index < -0.39 is 11.7 Å². The summed E-state index contributed by atoms with van der Waals surface area (Å²) in [6.45, 7) is 1.85. The van der Waals surface area contributed by atoms with Crippen molar-refractivity contribution in [1.82, 2.24) is 10.2 Å². The number of carbonyl (C=O) groups is 1. The summed E-state index contributed by atoms with van der Waals surface area (Å²) < 4.78 is 13.7. The van der Waals surface area contributed by atoms with Gasteiger partial charge in [0.15, 0.2) is 11.5 Å². The van der Waals surface area contributed by atoms with Crippen LogP contribution < -0.4 is 10.2 Å². The molecule has 0 radical (unpaired) electrons. The molecule has 0 atom stereocenters. The van der Waals surface area contributed by atoms with Crippen molar-refractivity contribution in [2.75, 3.05) is 23.3 Å². The molecule has 1 aliphatic rings. The second-order valence-electron chi connectivity index (χ2n) is 7.33. The topological polar surface area (TPSA) is 58.1 Å². The molecule has 148 valence electrons. The zero-order valence-electron chi connectivity index (χ0n) is 16.1. The molecule has 1 amide bonds. The van der Waals surface area contributed by atoms with E-state index in [1.165, 1.54) is 17.7 Å². The third kappa shape index (κ3) is 4.77. The van der Waals surface area contributed by atoms with E-state index >= 15 is 0 Å². The average Bonchev–Trinajstić information content (AvgIpc) is 2.77.